The van der Waals surface area contributed by atoms with Crippen molar-refractivity contribution in [1.29, 1.82) is 0 Å². The first-order valence-electron chi connectivity index (χ1n) is 9.16. The molecular weight excluding hydrogens is 351 g/mol. The Morgan fingerprint density at radius 2 is 1.00 bits per heavy atom. The lowest BCUT2D eigenvalue weighted by molar-refractivity contribution is -0.149. The third kappa shape index (κ3) is 12.0. The van der Waals surface area contributed by atoms with Crippen LogP contribution in [0.25, 0.3) is 0 Å². The van der Waals surface area contributed by atoms with Crippen LogP contribution in [0.15, 0.2) is 0 Å². The highest BCUT2D eigenvalue weighted by molar-refractivity contribution is 6.41. The van der Waals surface area contributed by atoms with E-state index < -0.39 is 22.7 Å². The quantitative estimate of drug-likeness (QED) is 0.221. The fourth-order valence-corrected chi connectivity index (χ4v) is 2.49. The predicted octanol–water partition coefficient (Wildman–Crippen LogP) is 5.23. The van der Waals surface area contributed by atoms with Crippen LogP contribution in [0.3, 0.4) is 0 Å². The topological polar surface area (TPSA) is 52.6 Å². The Morgan fingerprint density at radius 1 is 0.667 bits per heavy atom. The van der Waals surface area contributed by atoms with Crippen LogP contribution in [0.4, 0.5) is 0 Å². The number of halogens is 2. The number of carbonyl (C=O) groups excluding carboxylic acids is 2. The minimum atomic E-state index is -1.21. The van der Waals surface area contributed by atoms with Crippen LogP contribution < -0.4 is 0 Å². The molecule has 0 aromatic carbocycles. The van der Waals surface area contributed by atoms with E-state index in [-0.39, 0.29) is 0 Å². The molecular formula is C18H32Cl2O4. The SMILES string of the molecule is CCCCCCCOC(=O)C(Cl)C(Cl)C(=O)OCCCCCCC. The number of ether oxygens (including phenoxy) is 2. The normalized spacial score (nSPS) is 13.3. The van der Waals surface area contributed by atoms with Crippen LogP contribution in [0.5, 0.6) is 0 Å². The minimum absolute atomic E-state index is 0.307. The molecule has 0 fully saturated rings. The van der Waals surface area contributed by atoms with Crippen molar-refractivity contribution >= 4 is 35.1 Å². The van der Waals surface area contributed by atoms with Crippen LogP contribution in [0.1, 0.15) is 78.1 Å². The summed E-state index contributed by atoms with van der Waals surface area (Å²) >= 11 is 11.8. The average Bonchev–Trinajstić information content (AvgIpc) is 2.59. The van der Waals surface area contributed by atoms with E-state index in [1.807, 2.05) is 0 Å². The van der Waals surface area contributed by atoms with Gasteiger partial charge in [-0.05, 0) is 12.8 Å². The van der Waals surface area contributed by atoms with E-state index in [9.17, 15) is 9.59 Å². The van der Waals surface area contributed by atoms with Gasteiger partial charge in [0.25, 0.3) is 0 Å². The highest BCUT2D eigenvalue weighted by atomic mass is 35.5. The molecule has 6 heteroatoms. The molecule has 0 aliphatic rings. The van der Waals surface area contributed by atoms with E-state index in [1.165, 1.54) is 12.8 Å². The van der Waals surface area contributed by atoms with Crippen molar-refractivity contribution in [1.82, 2.24) is 0 Å². The number of hydrogen-bond donors (Lipinski definition) is 0. The van der Waals surface area contributed by atoms with Gasteiger partial charge in [0.15, 0.2) is 10.8 Å². The van der Waals surface area contributed by atoms with Gasteiger partial charge in [-0.25, -0.2) is 0 Å². The Balaban J connectivity index is 3.83. The van der Waals surface area contributed by atoms with Crippen molar-refractivity contribution in [2.45, 2.75) is 88.8 Å². The monoisotopic (exact) mass is 382 g/mol. The van der Waals surface area contributed by atoms with Gasteiger partial charge in [-0.3, -0.25) is 9.59 Å². The van der Waals surface area contributed by atoms with Crippen LogP contribution in [-0.4, -0.2) is 35.9 Å². The maximum Gasteiger partial charge on any atom is 0.326 e. The zero-order valence-electron chi connectivity index (χ0n) is 15.0. The average molecular weight is 383 g/mol. The zero-order valence-corrected chi connectivity index (χ0v) is 16.5. The lowest BCUT2D eigenvalue weighted by Crippen LogP contribution is -2.34. The van der Waals surface area contributed by atoms with E-state index in [4.69, 9.17) is 32.7 Å². The molecule has 0 saturated heterocycles. The summed E-state index contributed by atoms with van der Waals surface area (Å²) in [6.07, 6.45) is 10.6. The first kappa shape index (κ1) is 23.5. The molecule has 0 aliphatic carbocycles. The van der Waals surface area contributed by atoms with Gasteiger partial charge in [0.05, 0.1) is 13.2 Å². The predicted molar refractivity (Wildman–Crippen MR) is 98.7 cm³/mol. The van der Waals surface area contributed by atoms with E-state index in [0.29, 0.717) is 13.2 Å². The Hall–Kier alpha value is -0.480. The van der Waals surface area contributed by atoms with Crippen molar-refractivity contribution in [2.24, 2.45) is 0 Å². The molecule has 0 aliphatic heterocycles. The highest BCUT2D eigenvalue weighted by Crippen LogP contribution is 2.15. The summed E-state index contributed by atoms with van der Waals surface area (Å²) < 4.78 is 10.1. The Labute approximate surface area is 156 Å². The number of alkyl halides is 2. The third-order valence-corrected chi connectivity index (χ3v) is 4.68. The lowest BCUT2D eigenvalue weighted by atomic mass is 10.2. The number of esters is 2. The van der Waals surface area contributed by atoms with Crippen molar-refractivity contribution in [3.63, 3.8) is 0 Å². The summed E-state index contributed by atoms with van der Waals surface area (Å²) in [6, 6.07) is 0. The van der Waals surface area contributed by atoms with Gasteiger partial charge in [0.2, 0.25) is 0 Å². The standard InChI is InChI=1S/C18H32Cl2O4/c1-3-5-7-9-11-13-23-17(21)15(19)16(20)18(22)24-14-12-10-8-6-4-2/h15-16H,3-14H2,1-2H3. The van der Waals surface area contributed by atoms with Crippen molar-refractivity contribution in [3.05, 3.63) is 0 Å². The van der Waals surface area contributed by atoms with Crippen LogP contribution in [0, 0.1) is 0 Å². The number of carbonyl (C=O) groups is 2. The molecule has 0 aromatic heterocycles. The molecule has 0 heterocycles. The third-order valence-electron chi connectivity index (χ3n) is 3.69. The zero-order chi connectivity index (χ0) is 18.2. The molecule has 2 unspecified atom stereocenters. The first-order chi connectivity index (χ1) is 11.5. The van der Waals surface area contributed by atoms with Gasteiger partial charge in [0.1, 0.15) is 0 Å². The Kier molecular flexibility index (Phi) is 15.7. The highest BCUT2D eigenvalue weighted by Gasteiger charge is 2.32. The summed E-state index contributed by atoms with van der Waals surface area (Å²) in [5.74, 6) is -1.32. The van der Waals surface area contributed by atoms with Crippen molar-refractivity contribution < 1.29 is 19.1 Å². The van der Waals surface area contributed by atoms with Gasteiger partial charge in [0, 0.05) is 0 Å². The second-order valence-electron chi connectivity index (χ2n) is 5.97. The summed E-state index contributed by atoms with van der Waals surface area (Å²) in [5, 5.41) is -2.43. The molecule has 2 atom stereocenters. The van der Waals surface area contributed by atoms with Gasteiger partial charge in [-0.2, -0.15) is 0 Å². The fraction of sp³-hybridized carbons (Fsp3) is 0.889. The second kappa shape index (κ2) is 16.0. The van der Waals surface area contributed by atoms with Crippen LogP contribution in [0.2, 0.25) is 0 Å². The second-order valence-corrected chi connectivity index (χ2v) is 6.91. The molecule has 0 amide bonds. The van der Waals surface area contributed by atoms with E-state index in [0.717, 1.165) is 51.4 Å². The van der Waals surface area contributed by atoms with Crippen LogP contribution in [-0.2, 0) is 19.1 Å². The van der Waals surface area contributed by atoms with Crippen LogP contribution >= 0.6 is 23.2 Å². The molecule has 0 aromatic rings. The summed E-state index contributed by atoms with van der Waals surface area (Å²) in [4.78, 5) is 23.6. The smallest absolute Gasteiger partial charge is 0.326 e. The molecule has 4 nitrogen and oxygen atoms in total. The Bertz CT molecular complexity index is 305. The van der Waals surface area contributed by atoms with Gasteiger partial charge >= 0.3 is 11.9 Å². The molecule has 0 spiro atoms. The van der Waals surface area contributed by atoms with E-state index in [2.05, 4.69) is 13.8 Å². The molecule has 0 bridgehead atoms. The molecule has 0 radical (unpaired) electrons. The molecule has 0 rings (SSSR count). The van der Waals surface area contributed by atoms with Gasteiger partial charge in [-0.1, -0.05) is 65.2 Å². The molecule has 24 heavy (non-hydrogen) atoms. The molecule has 0 N–H and O–H groups in total. The van der Waals surface area contributed by atoms with Crippen molar-refractivity contribution in [2.75, 3.05) is 13.2 Å². The largest absolute Gasteiger partial charge is 0.465 e. The summed E-state index contributed by atoms with van der Waals surface area (Å²) in [5.41, 5.74) is 0. The number of hydrogen-bond acceptors (Lipinski definition) is 4. The molecule has 0 saturated carbocycles. The van der Waals surface area contributed by atoms with Gasteiger partial charge < -0.3 is 9.47 Å². The molecule has 142 valence electrons. The maximum absolute atomic E-state index is 11.8. The number of rotatable bonds is 15. The maximum atomic E-state index is 11.8. The summed E-state index contributed by atoms with van der Waals surface area (Å²) in [7, 11) is 0. The van der Waals surface area contributed by atoms with Gasteiger partial charge in [-0.15, -0.1) is 23.2 Å². The van der Waals surface area contributed by atoms with Crippen molar-refractivity contribution in [3.8, 4) is 0 Å². The fourth-order valence-electron chi connectivity index (χ4n) is 2.15. The number of unbranched alkanes of at least 4 members (excludes halogenated alkanes) is 8. The Morgan fingerprint density at radius 3 is 1.33 bits per heavy atom. The lowest BCUT2D eigenvalue weighted by Gasteiger charge is -2.14. The first-order valence-corrected chi connectivity index (χ1v) is 10.0. The van der Waals surface area contributed by atoms with E-state index >= 15 is 0 Å². The van der Waals surface area contributed by atoms with E-state index in [1.54, 1.807) is 0 Å². The minimum Gasteiger partial charge on any atom is -0.465 e. The summed E-state index contributed by atoms with van der Waals surface area (Å²) in [6.45, 7) is 4.90.